The second kappa shape index (κ2) is 23.5. The molecule has 2 aromatic rings. The molecule has 0 radical (unpaired) electrons. The lowest BCUT2D eigenvalue weighted by Gasteiger charge is -2.11. The normalized spacial score (nSPS) is 10.4. The molecule has 13 heteroatoms. The summed E-state index contributed by atoms with van der Waals surface area (Å²) in [6.07, 6.45) is 0.853. The summed E-state index contributed by atoms with van der Waals surface area (Å²) in [5.41, 5.74) is 5.70. The number of aliphatic hydroxyl groups excluding tert-OH is 4. The van der Waals surface area contributed by atoms with E-state index in [4.69, 9.17) is 31.3 Å². The molecular formula is C22H36N2O9S2. The van der Waals surface area contributed by atoms with Crippen LogP contribution >= 0.6 is 22.7 Å². The summed E-state index contributed by atoms with van der Waals surface area (Å²) < 4.78 is 0. The van der Waals surface area contributed by atoms with Crippen molar-refractivity contribution < 1.29 is 44.8 Å². The Bertz CT molecular complexity index is 772. The lowest BCUT2D eigenvalue weighted by molar-refractivity contribution is -0.169. The van der Waals surface area contributed by atoms with E-state index in [0.29, 0.717) is 6.42 Å². The third-order valence-electron chi connectivity index (χ3n) is 3.76. The average molecular weight is 537 g/mol. The number of carboxylic acids is 1. The van der Waals surface area contributed by atoms with Gasteiger partial charge >= 0.3 is 5.97 Å². The van der Waals surface area contributed by atoms with Gasteiger partial charge < -0.3 is 31.3 Å². The number of hydrogen-bond acceptors (Lipinski definition) is 11. The van der Waals surface area contributed by atoms with Crippen molar-refractivity contribution in [3.8, 4) is 0 Å². The smallest absolute Gasteiger partial charge is 0.305 e. The molecule has 2 rings (SSSR count). The van der Waals surface area contributed by atoms with E-state index >= 15 is 0 Å². The fraction of sp³-hybridized carbons (Fsp3) is 0.500. The first-order valence-corrected chi connectivity index (χ1v) is 12.3. The fourth-order valence-electron chi connectivity index (χ4n) is 1.90. The molecule has 0 aromatic carbocycles. The van der Waals surface area contributed by atoms with Gasteiger partial charge in [-0.05, 0) is 29.3 Å². The van der Waals surface area contributed by atoms with Gasteiger partial charge in [0.25, 0.3) is 0 Å². The number of rotatable bonds is 11. The molecule has 35 heavy (non-hydrogen) atoms. The molecule has 0 aliphatic heterocycles. The topological polar surface area (TPSA) is 191 Å². The number of thiophene rings is 2. The highest BCUT2D eigenvalue weighted by Crippen LogP contribution is 2.18. The second-order valence-corrected chi connectivity index (χ2v) is 8.35. The monoisotopic (exact) mass is 536 g/mol. The first-order chi connectivity index (χ1) is 16.7. The summed E-state index contributed by atoms with van der Waals surface area (Å²) in [4.78, 5) is 37.4. The van der Waals surface area contributed by atoms with Crippen LogP contribution in [0.4, 0.5) is 0 Å². The number of aliphatic carboxylic acids is 1. The van der Waals surface area contributed by atoms with Crippen LogP contribution in [0.5, 0.6) is 0 Å². The van der Waals surface area contributed by atoms with E-state index in [-0.39, 0.29) is 63.4 Å². The molecule has 0 bridgehead atoms. The maximum Gasteiger partial charge on any atom is 0.305 e. The van der Waals surface area contributed by atoms with E-state index in [1.54, 1.807) is 17.4 Å². The summed E-state index contributed by atoms with van der Waals surface area (Å²) in [5, 5.41) is 45.8. The van der Waals surface area contributed by atoms with Crippen molar-refractivity contribution in [1.29, 1.82) is 0 Å². The Morgan fingerprint density at radius 3 is 1.89 bits per heavy atom. The van der Waals surface area contributed by atoms with Crippen molar-refractivity contribution in [2.24, 2.45) is 5.73 Å². The van der Waals surface area contributed by atoms with Gasteiger partial charge in [-0.25, -0.2) is 5.06 Å². The molecule has 2 aromatic heterocycles. The van der Waals surface area contributed by atoms with Crippen LogP contribution in [0.2, 0.25) is 0 Å². The van der Waals surface area contributed by atoms with Crippen LogP contribution in [-0.2, 0) is 14.4 Å². The van der Waals surface area contributed by atoms with Gasteiger partial charge in [0, 0.05) is 31.0 Å². The quantitative estimate of drug-likeness (QED) is 0.180. The van der Waals surface area contributed by atoms with Crippen molar-refractivity contribution in [3.05, 3.63) is 44.8 Å². The molecule has 0 fully saturated rings. The van der Waals surface area contributed by atoms with Gasteiger partial charge in [0.15, 0.2) is 5.78 Å². The number of hydrogen-bond donors (Lipinski definition) is 6. The standard InChI is InChI=1S/C7H11NOS.C7H8O2S.C5H11NO3.C3H6O3/c8-6(3-4-9)7-2-1-5-10-7;8-4-3-6(9)7-2-1-5-10-7;1-6(9-2)5(8)3-4-7;4-2-1-3(5)6/h1-2,5-6,9H,3-4,8H2;1-2,5,8H,3-4H2;7H,3-4H2,1-2H3;4H,1-2H2,(H,5,6). The number of carbonyl (C=O) groups excluding carboxylic acids is 2. The third kappa shape index (κ3) is 19.7. The lowest BCUT2D eigenvalue weighted by Crippen LogP contribution is -2.25. The molecule has 0 saturated carbocycles. The second-order valence-electron chi connectivity index (χ2n) is 6.42. The maximum absolute atomic E-state index is 11.0. The third-order valence-corrected chi connectivity index (χ3v) is 5.68. The fourth-order valence-corrected chi connectivity index (χ4v) is 3.35. The van der Waals surface area contributed by atoms with Crippen molar-refractivity contribution in [2.75, 3.05) is 40.6 Å². The number of nitrogens with two attached hydrogens (primary N) is 1. The Balaban J connectivity index is 0. The van der Waals surface area contributed by atoms with Crippen LogP contribution in [-0.4, -0.2) is 88.8 Å². The van der Waals surface area contributed by atoms with Crippen LogP contribution in [0.15, 0.2) is 35.0 Å². The van der Waals surface area contributed by atoms with Crippen LogP contribution in [0.25, 0.3) is 0 Å². The number of nitrogens with zero attached hydrogens (tertiary/aromatic N) is 1. The maximum atomic E-state index is 11.0. The molecule has 200 valence electrons. The Kier molecular flexibility index (Phi) is 23.5. The molecule has 11 nitrogen and oxygen atoms in total. The van der Waals surface area contributed by atoms with E-state index in [2.05, 4.69) is 4.84 Å². The lowest BCUT2D eigenvalue weighted by atomic mass is 10.2. The predicted molar refractivity (Wildman–Crippen MR) is 134 cm³/mol. The minimum atomic E-state index is -0.961. The molecule has 0 aliphatic carbocycles. The van der Waals surface area contributed by atoms with Gasteiger partial charge in [-0.15, -0.1) is 22.7 Å². The zero-order chi connectivity index (χ0) is 27.1. The number of ketones is 1. The summed E-state index contributed by atoms with van der Waals surface area (Å²) in [6, 6.07) is 7.57. The van der Waals surface area contributed by atoms with Gasteiger partial charge in [-0.1, -0.05) is 12.1 Å². The molecule has 1 unspecified atom stereocenters. The zero-order valence-electron chi connectivity index (χ0n) is 19.9. The summed E-state index contributed by atoms with van der Waals surface area (Å²) in [5.74, 6) is -1.16. The molecule has 1 amide bonds. The number of Topliss-reactive ketones (excluding diaryl/α,β-unsaturated/α-hetero) is 1. The van der Waals surface area contributed by atoms with Crippen LogP contribution < -0.4 is 5.73 Å². The van der Waals surface area contributed by atoms with Crippen molar-refractivity contribution in [3.63, 3.8) is 0 Å². The number of hydroxylamine groups is 2. The van der Waals surface area contributed by atoms with Crippen molar-refractivity contribution in [1.82, 2.24) is 5.06 Å². The molecule has 0 aliphatic rings. The van der Waals surface area contributed by atoms with Gasteiger partial charge in [0.1, 0.15) is 0 Å². The van der Waals surface area contributed by atoms with Crippen LogP contribution in [0.3, 0.4) is 0 Å². The molecule has 7 N–H and O–H groups in total. The summed E-state index contributed by atoms with van der Waals surface area (Å²) >= 11 is 3.05. The Hall–Kier alpha value is -2.23. The number of aliphatic hydroxyl groups is 4. The van der Waals surface area contributed by atoms with E-state index in [1.807, 2.05) is 29.0 Å². The zero-order valence-corrected chi connectivity index (χ0v) is 21.5. The van der Waals surface area contributed by atoms with E-state index in [1.165, 1.54) is 25.5 Å². The highest BCUT2D eigenvalue weighted by molar-refractivity contribution is 7.12. The number of carbonyl (C=O) groups is 3. The molecule has 0 spiro atoms. The van der Waals surface area contributed by atoms with E-state index in [0.717, 1.165) is 14.8 Å². The predicted octanol–water partition coefficient (Wildman–Crippen LogP) is 1.29. The minimum absolute atomic E-state index is 0.0185. The largest absolute Gasteiger partial charge is 0.481 e. The molecule has 2 heterocycles. The summed E-state index contributed by atoms with van der Waals surface area (Å²) in [7, 11) is 2.90. The number of amides is 1. The highest BCUT2D eigenvalue weighted by atomic mass is 32.1. The average Bonchev–Trinajstić information content (AvgIpc) is 3.55. The molecule has 0 saturated heterocycles. The first kappa shape index (κ1) is 34.9. The number of carboxylic acid groups (broad SMARTS) is 1. The van der Waals surface area contributed by atoms with Gasteiger partial charge in [0.2, 0.25) is 5.91 Å². The Morgan fingerprint density at radius 1 is 0.943 bits per heavy atom. The minimum Gasteiger partial charge on any atom is -0.481 e. The summed E-state index contributed by atoms with van der Waals surface area (Å²) in [6.45, 7) is -0.294. The van der Waals surface area contributed by atoms with Crippen LogP contribution in [0.1, 0.15) is 46.3 Å². The van der Waals surface area contributed by atoms with Gasteiger partial charge in [0.05, 0.1) is 44.6 Å². The SMILES string of the molecule is CON(C)C(=O)CCO.NC(CCO)c1cccs1.O=C(CCO)c1cccs1.O=C(O)CCO. The van der Waals surface area contributed by atoms with E-state index in [9.17, 15) is 14.4 Å². The Labute approximate surface area is 213 Å². The van der Waals surface area contributed by atoms with Crippen molar-refractivity contribution >= 4 is 40.3 Å². The molecular weight excluding hydrogens is 500 g/mol. The van der Waals surface area contributed by atoms with Gasteiger partial charge in [-0.3, -0.25) is 19.2 Å². The van der Waals surface area contributed by atoms with Crippen LogP contribution in [0, 0.1) is 0 Å². The van der Waals surface area contributed by atoms with Gasteiger partial charge in [-0.2, -0.15) is 0 Å². The van der Waals surface area contributed by atoms with Crippen molar-refractivity contribution in [2.45, 2.75) is 31.7 Å². The van der Waals surface area contributed by atoms with E-state index < -0.39 is 5.97 Å². The first-order valence-electron chi connectivity index (χ1n) is 10.5. The molecule has 1 atom stereocenters. The highest BCUT2D eigenvalue weighted by Gasteiger charge is 2.05. The Morgan fingerprint density at radius 2 is 1.51 bits per heavy atom.